The summed E-state index contributed by atoms with van der Waals surface area (Å²) in [6.07, 6.45) is -5.69. The van der Waals surface area contributed by atoms with Gasteiger partial charge in [0.05, 0.1) is 37.1 Å². The standard InChI is InChI=1S/C34H32F9N7O4/c1-53-8-9-54-7-6-45-32-46-15-22(18-2-3-23(37)21(13-18)31(44)52)27(48-32)24(12-17-10-19(35)14-20(36)11-17)47-25(51)16-50-29-26(28(49-50)30(38)39)33(40,41)4-5-34(29,42)43/h2-3,10-11,13-15,24,28,30H,4-9,12,16H2,1H3,(H3-,44,45,46,47,48,51,52)/p+1/t24-,28?/m0/s1. The van der Waals surface area contributed by atoms with Gasteiger partial charge in [-0.3, -0.25) is 9.59 Å². The van der Waals surface area contributed by atoms with Crippen LogP contribution in [0.5, 0.6) is 0 Å². The first kappa shape index (κ1) is 40.1. The largest absolute Gasteiger partial charge is 0.382 e. The van der Waals surface area contributed by atoms with Crippen LogP contribution >= 0.6 is 0 Å². The number of alkyl halides is 6. The number of primary amides is 1. The lowest BCUT2D eigenvalue weighted by Crippen LogP contribution is -2.42. The van der Waals surface area contributed by atoms with Gasteiger partial charge >= 0.3 is 5.92 Å². The van der Waals surface area contributed by atoms with E-state index >= 15 is 8.78 Å². The van der Waals surface area contributed by atoms with E-state index in [9.17, 15) is 40.3 Å². The van der Waals surface area contributed by atoms with Gasteiger partial charge in [-0.1, -0.05) is 10.8 Å². The molecule has 290 valence electrons. The predicted octanol–water partition coefficient (Wildman–Crippen LogP) is 5.57. The molecule has 0 bridgehead atoms. The van der Waals surface area contributed by atoms with Gasteiger partial charge in [-0.2, -0.15) is 8.78 Å². The van der Waals surface area contributed by atoms with Gasteiger partial charge in [0, 0.05) is 44.3 Å². The number of hydrogen-bond acceptors (Lipinski definition) is 8. The number of anilines is 1. The van der Waals surface area contributed by atoms with Crippen LogP contribution in [0, 0.1) is 17.5 Å². The van der Waals surface area contributed by atoms with E-state index in [1.54, 1.807) is 0 Å². The Hall–Kier alpha value is -5.11. The van der Waals surface area contributed by atoms with E-state index in [4.69, 9.17) is 15.2 Å². The highest BCUT2D eigenvalue weighted by Gasteiger charge is 2.64. The maximum atomic E-state index is 15.1. The first-order valence-electron chi connectivity index (χ1n) is 16.3. The monoisotopic (exact) mass is 774 g/mol. The minimum Gasteiger partial charge on any atom is -0.382 e. The first-order chi connectivity index (χ1) is 25.5. The Labute approximate surface area is 301 Å². The molecule has 0 saturated carbocycles. The molecule has 54 heavy (non-hydrogen) atoms. The molecule has 1 aliphatic heterocycles. The Bertz CT molecular complexity index is 1940. The third kappa shape index (κ3) is 9.15. The Morgan fingerprint density at radius 3 is 2.37 bits per heavy atom. The fourth-order valence-corrected chi connectivity index (χ4v) is 6.07. The van der Waals surface area contributed by atoms with Crippen LogP contribution in [0.3, 0.4) is 0 Å². The van der Waals surface area contributed by atoms with Crippen LogP contribution in [0.25, 0.3) is 11.1 Å². The Morgan fingerprint density at radius 2 is 1.70 bits per heavy atom. The van der Waals surface area contributed by atoms with Crippen molar-refractivity contribution in [2.75, 3.05) is 45.3 Å². The third-order valence-corrected chi connectivity index (χ3v) is 8.45. The highest BCUT2D eigenvalue weighted by atomic mass is 19.3. The summed E-state index contributed by atoms with van der Waals surface area (Å²) >= 11 is 0. The summed E-state index contributed by atoms with van der Waals surface area (Å²) < 4.78 is 141. The maximum absolute atomic E-state index is 15.1. The number of allylic oxidation sites excluding steroid dienone is 1. The summed E-state index contributed by atoms with van der Waals surface area (Å²) in [5, 5.41) is 8.72. The average Bonchev–Trinajstić information content (AvgIpc) is 3.50. The molecular weight excluding hydrogens is 741 g/mol. The summed E-state index contributed by atoms with van der Waals surface area (Å²) in [7, 11) is 1.48. The molecule has 0 spiro atoms. The molecule has 2 aromatic carbocycles. The van der Waals surface area contributed by atoms with Crippen molar-refractivity contribution in [3.05, 3.63) is 88.1 Å². The Kier molecular flexibility index (Phi) is 12.2. The summed E-state index contributed by atoms with van der Waals surface area (Å²) in [6, 6.07) is 1.50. The third-order valence-electron chi connectivity index (χ3n) is 8.45. The number of hydrogen-bond donors (Lipinski definition) is 3. The van der Waals surface area contributed by atoms with Crippen molar-refractivity contribution in [2.45, 2.75) is 49.6 Å². The van der Waals surface area contributed by atoms with Crippen LogP contribution < -0.4 is 16.4 Å². The van der Waals surface area contributed by atoms with Crippen LogP contribution in [0.4, 0.5) is 45.5 Å². The number of aromatic nitrogens is 2. The van der Waals surface area contributed by atoms with Gasteiger partial charge in [-0.15, -0.1) is 0 Å². The summed E-state index contributed by atoms with van der Waals surface area (Å²) in [4.78, 5) is 34.3. The van der Waals surface area contributed by atoms with E-state index in [-0.39, 0.29) is 52.8 Å². The van der Waals surface area contributed by atoms with E-state index in [0.29, 0.717) is 12.7 Å². The van der Waals surface area contributed by atoms with Gasteiger partial charge in [0.2, 0.25) is 12.0 Å². The van der Waals surface area contributed by atoms with Gasteiger partial charge in [-0.05, 0) is 46.9 Å². The number of azo groups is 2. The molecular formula is C34H33F9N7O4+. The molecule has 3 aromatic rings. The van der Waals surface area contributed by atoms with Gasteiger partial charge in [0.1, 0.15) is 23.0 Å². The van der Waals surface area contributed by atoms with E-state index in [2.05, 4.69) is 25.7 Å². The Balaban J connectivity index is 1.57. The first-order valence-corrected chi connectivity index (χ1v) is 16.3. The summed E-state index contributed by atoms with van der Waals surface area (Å²) in [6.45, 7) is -0.400. The number of rotatable bonds is 16. The quantitative estimate of drug-likeness (QED) is 0.0982. The SMILES string of the molecule is COCCOCCNc1ncc(-c2ccc(F)c(C(N)=O)c2)c([C@H](Cc2cc(F)cc(F)c2)NC(=O)C[N+]2=NC(C(F)F)C3=C2C(F)(F)CCC3(F)F)n1. The van der Waals surface area contributed by atoms with Crippen molar-refractivity contribution >= 4 is 17.8 Å². The highest BCUT2D eigenvalue weighted by molar-refractivity contribution is 5.94. The lowest BCUT2D eigenvalue weighted by atomic mass is 9.86. The number of nitrogens with two attached hydrogens (primary N) is 1. The number of ether oxygens (including phenoxy) is 2. The zero-order valence-corrected chi connectivity index (χ0v) is 28.3. The molecule has 20 heteroatoms. The predicted molar refractivity (Wildman–Crippen MR) is 172 cm³/mol. The second-order valence-corrected chi connectivity index (χ2v) is 12.3. The maximum Gasteiger partial charge on any atom is 0.332 e. The topological polar surface area (TPSA) is 144 Å². The van der Waals surface area contributed by atoms with Crippen molar-refractivity contribution in [1.82, 2.24) is 15.3 Å². The van der Waals surface area contributed by atoms with Gasteiger partial charge in [0.15, 0.2) is 0 Å². The second kappa shape index (κ2) is 16.5. The molecule has 0 saturated heterocycles. The molecule has 11 nitrogen and oxygen atoms in total. The second-order valence-electron chi connectivity index (χ2n) is 12.3. The molecule has 2 atom stereocenters. The number of nitrogens with zero attached hydrogens (tertiary/aromatic N) is 4. The average molecular weight is 775 g/mol. The van der Waals surface area contributed by atoms with Crippen molar-refractivity contribution in [3.63, 3.8) is 0 Å². The number of methoxy groups -OCH3 is 1. The number of nitrogens with one attached hydrogen (secondary N) is 2. The number of benzene rings is 2. The van der Waals surface area contributed by atoms with Crippen molar-refractivity contribution < 1.29 is 63.3 Å². The number of halogens is 9. The van der Waals surface area contributed by atoms with Gasteiger partial charge in [-0.25, -0.2) is 40.7 Å². The number of carbonyl (C=O) groups excluding carboxylic acids is 2. The van der Waals surface area contributed by atoms with E-state index in [1.165, 1.54) is 19.4 Å². The van der Waals surface area contributed by atoms with E-state index < -0.39 is 102 Å². The molecule has 5 rings (SSSR count). The number of amides is 2. The summed E-state index contributed by atoms with van der Waals surface area (Å²) in [5.41, 5.74) is 1.59. The van der Waals surface area contributed by atoms with Crippen LogP contribution in [0.1, 0.15) is 40.5 Å². The molecule has 0 radical (unpaired) electrons. The zero-order valence-electron chi connectivity index (χ0n) is 28.3. The molecule has 2 aliphatic rings. The van der Waals surface area contributed by atoms with Crippen LogP contribution in [0.2, 0.25) is 0 Å². The fraction of sp³-hybridized carbons (Fsp3) is 0.412. The molecule has 2 amide bonds. The minimum atomic E-state index is -4.07. The van der Waals surface area contributed by atoms with Crippen LogP contribution in [-0.2, 0) is 20.7 Å². The zero-order chi connectivity index (χ0) is 39.4. The van der Waals surface area contributed by atoms with Crippen LogP contribution in [-0.4, -0.2) is 90.8 Å². The highest BCUT2D eigenvalue weighted by Crippen LogP contribution is 2.51. The lowest BCUT2D eigenvalue weighted by molar-refractivity contribution is -0.549. The minimum absolute atomic E-state index is 0.0219. The molecule has 4 N–H and O–H groups in total. The molecule has 2 heterocycles. The Morgan fingerprint density at radius 1 is 1.00 bits per heavy atom. The van der Waals surface area contributed by atoms with E-state index in [0.717, 1.165) is 24.3 Å². The smallest absolute Gasteiger partial charge is 0.332 e. The molecule has 1 aliphatic carbocycles. The van der Waals surface area contributed by atoms with Crippen molar-refractivity contribution in [2.24, 2.45) is 10.8 Å². The van der Waals surface area contributed by atoms with Crippen LogP contribution in [0.15, 0.2) is 59.0 Å². The van der Waals surface area contributed by atoms with E-state index in [1.807, 2.05) is 0 Å². The van der Waals surface area contributed by atoms with Gasteiger partial charge in [0.25, 0.3) is 36.4 Å². The summed E-state index contributed by atoms with van der Waals surface area (Å²) in [5.74, 6) is -13.6. The molecule has 1 aromatic heterocycles. The number of carbonyl (C=O) groups is 2. The van der Waals surface area contributed by atoms with Gasteiger partial charge < -0.3 is 25.8 Å². The molecule has 1 unspecified atom stereocenters. The fourth-order valence-electron chi connectivity index (χ4n) is 6.07. The normalized spacial score (nSPS) is 18.0. The van der Waals surface area contributed by atoms with Crippen molar-refractivity contribution in [1.29, 1.82) is 0 Å². The van der Waals surface area contributed by atoms with Crippen molar-refractivity contribution in [3.8, 4) is 11.1 Å². The lowest BCUT2D eigenvalue weighted by Gasteiger charge is -2.27. The molecule has 0 fully saturated rings.